The lowest BCUT2D eigenvalue weighted by Gasteiger charge is -2.29. The van der Waals surface area contributed by atoms with Crippen LogP contribution in [0.4, 0.5) is 5.13 Å². The molecule has 0 fully saturated rings. The molecule has 4 aromatic rings. The number of hydrogen-bond donors (Lipinski definition) is 1. The summed E-state index contributed by atoms with van der Waals surface area (Å²) in [5.41, 5.74) is 6.77. The van der Waals surface area contributed by atoms with Gasteiger partial charge in [0, 0.05) is 41.9 Å². The predicted octanol–water partition coefficient (Wildman–Crippen LogP) is 2.58. The topological polar surface area (TPSA) is 129 Å². The fourth-order valence-electron chi connectivity index (χ4n) is 2.88. The Bertz CT molecular complexity index is 1220. The normalized spacial score (nSPS) is 12.7. The second kappa shape index (κ2) is 9.83. The van der Waals surface area contributed by atoms with Crippen LogP contribution < -0.4 is 10.6 Å². The standard InChI is InChI=1S/C19H21N7O3S3/c1-14-2-4-15(5-3-14)32(27,28)29-17(6-7-20)26(12-16-22-9-11-30-16)19-23-18(24-31-19)25-10-8-21-13-25/h2-5,8-11,13,17H,6-7,12,20H2,1H3. The minimum atomic E-state index is -4.04. The molecule has 0 saturated heterocycles. The molecule has 2 N–H and O–H groups in total. The third-order valence-corrected chi connectivity index (χ3v) is 7.32. The molecule has 4 rings (SSSR count). The molecule has 168 valence electrons. The smallest absolute Gasteiger partial charge is 0.298 e. The third-order valence-electron chi connectivity index (χ3n) is 4.48. The highest BCUT2D eigenvalue weighted by Crippen LogP contribution is 2.28. The fourth-order valence-corrected chi connectivity index (χ4v) is 5.28. The van der Waals surface area contributed by atoms with Crippen molar-refractivity contribution in [3.8, 4) is 5.95 Å². The van der Waals surface area contributed by atoms with E-state index in [9.17, 15) is 8.42 Å². The van der Waals surface area contributed by atoms with E-state index in [1.807, 2.05) is 12.3 Å². The number of thiazole rings is 1. The molecule has 1 aromatic carbocycles. The van der Waals surface area contributed by atoms with Crippen LogP contribution in [0, 0.1) is 6.92 Å². The summed E-state index contributed by atoms with van der Waals surface area (Å²) >= 11 is 2.59. The second-order valence-electron chi connectivity index (χ2n) is 6.80. The SMILES string of the molecule is Cc1ccc(S(=O)(=O)OC(CCN)N(Cc2nccs2)c2nc(-n3ccnc3)ns2)cc1. The van der Waals surface area contributed by atoms with Gasteiger partial charge in [-0.3, -0.25) is 4.57 Å². The van der Waals surface area contributed by atoms with Gasteiger partial charge in [0.1, 0.15) is 11.3 Å². The molecular formula is C19H21N7O3S3. The highest BCUT2D eigenvalue weighted by Gasteiger charge is 2.30. The number of imidazole rings is 1. The van der Waals surface area contributed by atoms with E-state index >= 15 is 0 Å². The summed E-state index contributed by atoms with van der Waals surface area (Å²) in [5, 5.41) is 3.12. The number of benzene rings is 1. The minimum absolute atomic E-state index is 0.0793. The first-order valence-corrected chi connectivity index (χ1v) is 12.7. The zero-order valence-electron chi connectivity index (χ0n) is 17.1. The Morgan fingerprint density at radius 2 is 2.06 bits per heavy atom. The van der Waals surface area contributed by atoms with Crippen LogP contribution in [0.1, 0.15) is 17.0 Å². The first kappa shape index (κ1) is 22.5. The van der Waals surface area contributed by atoms with E-state index in [0.717, 1.165) is 22.1 Å². The number of anilines is 1. The molecule has 1 unspecified atom stereocenters. The van der Waals surface area contributed by atoms with E-state index in [1.54, 1.807) is 46.5 Å². The first-order chi connectivity index (χ1) is 15.5. The Morgan fingerprint density at radius 1 is 1.25 bits per heavy atom. The van der Waals surface area contributed by atoms with Crippen LogP contribution >= 0.6 is 22.9 Å². The quantitative estimate of drug-likeness (QED) is 0.263. The van der Waals surface area contributed by atoms with Crippen LogP contribution in [0.2, 0.25) is 0 Å². The summed E-state index contributed by atoms with van der Waals surface area (Å²) in [5.74, 6) is 0.430. The molecule has 10 nitrogen and oxygen atoms in total. The van der Waals surface area contributed by atoms with Gasteiger partial charge < -0.3 is 10.6 Å². The Kier molecular flexibility index (Phi) is 6.91. The summed E-state index contributed by atoms with van der Waals surface area (Å²) in [6.45, 7) is 2.40. The second-order valence-corrected chi connectivity index (χ2v) is 10.1. The maximum Gasteiger partial charge on any atom is 0.298 e. The van der Waals surface area contributed by atoms with E-state index < -0.39 is 16.3 Å². The first-order valence-electron chi connectivity index (χ1n) is 9.63. The number of hydrogen-bond acceptors (Lipinski definition) is 11. The molecule has 32 heavy (non-hydrogen) atoms. The molecule has 3 aromatic heterocycles. The van der Waals surface area contributed by atoms with Crippen molar-refractivity contribution >= 4 is 38.1 Å². The van der Waals surface area contributed by atoms with Crippen molar-refractivity contribution in [3.63, 3.8) is 0 Å². The Hall–Kier alpha value is -2.71. The monoisotopic (exact) mass is 491 g/mol. The van der Waals surface area contributed by atoms with Crippen molar-refractivity contribution in [2.24, 2.45) is 5.73 Å². The zero-order chi connectivity index (χ0) is 22.6. The molecule has 0 aliphatic carbocycles. The lowest BCUT2D eigenvalue weighted by atomic mass is 10.2. The predicted molar refractivity (Wildman–Crippen MR) is 122 cm³/mol. The van der Waals surface area contributed by atoms with Gasteiger partial charge in [-0.1, -0.05) is 17.7 Å². The van der Waals surface area contributed by atoms with Gasteiger partial charge >= 0.3 is 0 Å². The van der Waals surface area contributed by atoms with Crippen LogP contribution in [0.15, 0.2) is 59.5 Å². The summed E-state index contributed by atoms with van der Waals surface area (Å²) in [4.78, 5) is 14.7. The molecule has 0 amide bonds. The zero-order valence-corrected chi connectivity index (χ0v) is 19.6. The molecule has 13 heteroatoms. The van der Waals surface area contributed by atoms with Crippen LogP contribution in [0.3, 0.4) is 0 Å². The van der Waals surface area contributed by atoms with Crippen LogP contribution in [-0.2, 0) is 20.8 Å². The van der Waals surface area contributed by atoms with Crippen molar-refractivity contribution in [3.05, 3.63) is 65.1 Å². The van der Waals surface area contributed by atoms with E-state index in [1.165, 1.54) is 23.5 Å². The summed E-state index contributed by atoms with van der Waals surface area (Å²) < 4.78 is 37.8. The minimum Gasteiger partial charge on any atom is -0.330 e. The van der Waals surface area contributed by atoms with Crippen LogP contribution in [-0.4, -0.2) is 45.1 Å². The van der Waals surface area contributed by atoms with Gasteiger partial charge in [-0.25, -0.2) is 14.2 Å². The van der Waals surface area contributed by atoms with Gasteiger partial charge in [0.05, 0.1) is 11.4 Å². The van der Waals surface area contributed by atoms with Gasteiger partial charge in [0.2, 0.25) is 11.1 Å². The van der Waals surface area contributed by atoms with E-state index in [2.05, 4.69) is 19.3 Å². The van der Waals surface area contributed by atoms with Crippen LogP contribution in [0.5, 0.6) is 0 Å². The lowest BCUT2D eigenvalue weighted by molar-refractivity contribution is 0.193. The third kappa shape index (κ3) is 5.19. The molecule has 0 saturated carbocycles. The molecule has 1 atom stereocenters. The maximum absolute atomic E-state index is 13.0. The lowest BCUT2D eigenvalue weighted by Crippen LogP contribution is -2.40. The van der Waals surface area contributed by atoms with Crippen LogP contribution in [0.25, 0.3) is 5.95 Å². The largest absolute Gasteiger partial charge is 0.330 e. The fraction of sp³-hybridized carbons (Fsp3) is 0.263. The van der Waals surface area contributed by atoms with E-state index in [0.29, 0.717) is 17.6 Å². The maximum atomic E-state index is 13.0. The van der Waals surface area contributed by atoms with Crippen molar-refractivity contribution in [2.45, 2.75) is 31.0 Å². The highest BCUT2D eigenvalue weighted by molar-refractivity contribution is 7.86. The number of nitrogens with zero attached hydrogens (tertiary/aromatic N) is 6. The van der Waals surface area contributed by atoms with E-state index in [-0.39, 0.29) is 17.9 Å². The Balaban J connectivity index is 1.67. The number of nitrogens with two attached hydrogens (primary N) is 1. The Morgan fingerprint density at radius 3 is 2.72 bits per heavy atom. The molecule has 3 heterocycles. The van der Waals surface area contributed by atoms with Crippen molar-refractivity contribution in [1.29, 1.82) is 0 Å². The van der Waals surface area contributed by atoms with Gasteiger partial charge in [0.25, 0.3) is 10.1 Å². The average Bonchev–Trinajstić information content (AvgIpc) is 3.54. The molecular weight excluding hydrogens is 470 g/mol. The number of rotatable bonds is 10. The van der Waals surface area contributed by atoms with Gasteiger partial charge in [-0.2, -0.15) is 17.8 Å². The molecule has 0 spiro atoms. The van der Waals surface area contributed by atoms with Gasteiger partial charge in [-0.15, -0.1) is 11.3 Å². The van der Waals surface area contributed by atoms with E-state index in [4.69, 9.17) is 9.92 Å². The van der Waals surface area contributed by atoms with Crippen molar-refractivity contribution in [1.82, 2.24) is 23.9 Å². The molecule has 0 bridgehead atoms. The number of aryl methyl sites for hydroxylation is 1. The molecule has 0 radical (unpaired) electrons. The van der Waals surface area contributed by atoms with Crippen molar-refractivity contribution in [2.75, 3.05) is 11.4 Å². The highest BCUT2D eigenvalue weighted by atomic mass is 32.2. The summed E-state index contributed by atoms with van der Waals surface area (Å²) in [6.07, 6.45) is 6.01. The molecule has 0 aliphatic rings. The van der Waals surface area contributed by atoms with Gasteiger partial charge in [-0.05, 0) is 25.6 Å². The summed E-state index contributed by atoms with van der Waals surface area (Å²) in [7, 11) is -4.04. The number of aromatic nitrogens is 5. The Labute approximate surface area is 193 Å². The summed E-state index contributed by atoms with van der Waals surface area (Å²) in [6, 6.07) is 6.50. The van der Waals surface area contributed by atoms with Gasteiger partial charge in [0.15, 0.2) is 6.23 Å². The molecule has 0 aliphatic heterocycles. The average molecular weight is 492 g/mol. The van der Waals surface area contributed by atoms with Crippen molar-refractivity contribution < 1.29 is 12.6 Å².